The monoisotopic (exact) mass is 503 g/mol. The van der Waals surface area contributed by atoms with Crippen LogP contribution in [0.15, 0.2) is 91.0 Å². The van der Waals surface area contributed by atoms with Crippen LogP contribution in [0.1, 0.15) is 23.1 Å². The van der Waals surface area contributed by atoms with Crippen LogP contribution in [0.4, 0.5) is 0 Å². The number of amides is 1. The fraction of sp³-hybridized carbons (Fsp3) is 0.241. The first-order valence-electron chi connectivity index (χ1n) is 11.6. The number of methoxy groups -OCH3 is 3. The summed E-state index contributed by atoms with van der Waals surface area (Å²) in [6.07, 6.45) is -0.502. The van der Waals surface area contributed by atoms with E-state index in [1.54, 1.807) is 0 Å². The van der Waals surface area contributed by atoms with Crippen LogP contribution in [0, 0.1) is 5.92 Å². The van der Waals surface area contributed by atoms with Gasteiger partial charge in [0.25, 0.3) is 0 Å². The Kier molecular flexibility index (Phi) is 9.16. The van der Waals surface area contributed by atoms with E-state index < -0.39 is 47.6 Å². The molecule has 0 aliphatic rings. The van der Waals surface area contributed by atoms with E-state index in [2.05, 4.69) is 5.32 Å². The van der Waals surface area contributed by atoms with Crippen LogP contribution in [-0.2, 0) is 38.8 Å². The summed E-state index contributed by atoms with van der Waals surface area (Å²) >= 11 is 0. The fourth-order valence-electron chi connectivity index (χ4n) is 4.41. The molecule has 8 nitrogen and oxygen atoms in total. The van der Waals surface area contributed by atoms with Crippen LogP contribution < -0.4 is 5.32 Å². The number of esters is 3. The molecule has 0 spiro atoms. The van der Waals surface area contributed by atoms with Gasteiger partial charge in [0.05, 0.1) is 33.7 Å². The van der Waals surface area contributed by atoms with Gasteiger partial charge in [-0.25, -0.2) is 4.79 Å². The number of nitrogens with one attached hydrogen (secondary N) is 1. The third-order valence-electron chi connectivity index (χ3n) is 6.22. The van der Waals surface area contributed by atoms with E-state index in [4.69, 9.17) is 14.2 Å². The van der Waals surface area contributed by atoms with E-state index in [1.807, 2.05) is 91.0 Å². The maximum Gasteiger partial charge on any atom is 0.329 e. The molecule has 0 radical (unpaired) electrons. The Bertz CT molecular complexity index is 1120. The van der Waals surface area contributed by atoms with Crippen molar-refractivity contribution in [2.24, 2.45) is 5.92 Å². The molecule has 1 N–H and O–H groups in total. The zero-order chi connectivity index (χ0) is 26.8. The number of hydrogen-bond donors (Lipinski definition) is 1. The van der Waals surface area contributed by atoms with Gasteiger partial charge in [-0.1, -0.05) is 91.0 Å². The SMILES string of the molecule is COC(=O)C[C@@H](C(=O)OC)[C@@H](NC(=O)C(c1ccccc1)(c1ccccc1)c1ccccc1)C(=O)OC. The van der Waals surface area contributed by atoms with Crippen LogP contribution >= 0.6 is 0 Å². The fourth-order valence-corrected chi connectivity index (χ4v) is 4.41. The molecule has 0 aromatic heterocycles. The lowest BCUT2D eigenvalue weighted by atomic mass is 9.68. The van der Waals surface area contributed by atoms with Crippen LogP contribution in [-0.4, -0.2) is 51.2 Å². The molecule has 37 heavy (non-hydrogen) atoms. The van der Waals surface area contributed by atoms with Gasteiger partial charge in [0.1, 0.15) is 11.5 Å². The van der Waals surface area contributed by atoms with Crippen molar-refractivity contribution in [1.29, 1.82) is 0 Å². The Hall–Kier alpha value is -4.46. The van der Waals surface area contributed by atoms with Crippen molar-refractivity contribution in [3.05, 3.63) is 108 Å². The Morgan fingerprint density at radius 3 is 1.41 bits per heavy atom. The van der Waals surface area contributed by atoms with E-state index in [1.165, 1.54) is 0 Å². The van der Waals surface area contributed by atoms with Gasteiger partial charge in [0.2, 0.25) is 5.91 Å². The second kappa shape index (κ2) is 12.5. The van der Waals surface area contributed by atoms with E-state index >= 15 is 0 Å². The van der Waals surface area contributed by atoms with Crippen LogP contribution in [0.2, 0.25) is 0 Å². The summed E-state index contributed by atoms with van der Waals surface area (Å²) in [5, 5.41) is 2.73. The summed E-state index contributed by atoms with van der Waals surface area (Å²) in [6, 6.07) is 25.8. The molecule has 0 heterocycles. The molecule has 192 valence electrons. The zero-order valence-electron chi connectivity index (χ0n) is 20.9. The van der Waals surface area contributed by atoms with Crippen molar-refractivity contribution in [2.75, 3.05) is 21.3 Å². The Labute approximate surface area is 215 Å². The molecular weight excluding hydrogens is 474 g/mol. The summed E-state index contributed by atoms with van der Waals surface area (Å²) in [6.45, 7) is 0. The number of carbonyl (C=O) groups excluding carboxylic acids is 4. The molecule has 0 fully saturated rings. The second-order valence-corrected chi connectivity index (χ2v) is 8.23. The molecule has 0 saturated heterocycles. The number of rotatable bonds is 10. The third-order valence-corrected chi connectivity index (χ3v) is 6.22. The van der Waals surface area contributed by atoms with Crippen molar-refractivity contribution in [3.63, 3.8) is 0 Å². The predicted molar refractivity (Wildman–Crippen MR) is 135 cm³/mol. The maximum atomic E-state index is 14.5. The summed E-state index contributed by atoms with van der Waals surface area (Å²) in [7, 11) is 3.42. The van der Waals surface area contributed by atoms with E-state index in [0.717, 1.165) is 21.3 Å². The van der Waals surface area contributed by atoms with E-state index in [-0.39, 0.29) is 0 Å². The average molecular weight is 504 g/mol. The largest absolute Gasteiger partial charge is 0.469 e. The lowest BCUT2D eigenvalue weighted by Gasteiger charge is -2.36. The predicted octanol–water partition coefficient (Wildman–Crippen LogP) is 3.03. The first-order valence-corrected chi connectivity index (χ1v) is 11.6. The van der Waals surface area contributed by atoms with E-state index in [0.29, 0.717) is 16.7 Å². The minimum Gasteiger partial charge on any atom is -0.469 e. The Morgan fingerprint density at radius 1 is 0.649 bits per heavy atom. The summed E-state index contributed by atoms with van der Waals surface area (Å²) in [4.78, 5) is 52.2. The van der Waals surface area contributed by atoms with Gasteiger partial charge < -0.3 is 19.5 Å². The number of ether oxygens (including phenoxy) is 3. The molecule has 3 rings (SSSR count). The quantitative estimate of drug-likeness (QED) is 0.257. The van der Waals surface area contributed by atoms with Gasteiger partial charge >= 0.3 is 17.9 Å². The van der Waals surface area contributed by atoms with Crippen LogP contribution in [0.5, 0.6) is 0 Å². The number of benzene rings is 3. The van der Waals surface area contributed by atoms with Gasteiger partial charge in [-0.05, 0) is 16.7 Å². The van der Waals surface area contributed by atoms with Gasteiger partial charge in [-0.2, -0.15) is 0 Å². The molecule has 2 atom stereocenters. The molecule has 0 aliphatic heterocycles. The maximum absolute atomic E-state index is 14.5. The molecule has 0 unspecified atom stereocenters. The van der Waals surface area contributed by atoms with Gasteiger partial charge in [0, 0.05) is 0 Å². The van der Waals surface area contributed by atoms with Crippen molar-refractivity contribution in [3.8, 4) is 0 Å². The first-order chi connectivity index (χ1) is 17.9. The highest BCUT2D eigenvalue weighted by Crippen LogP contribution is 2.40. The first kappa shape index (κ1) is 27.1. The minimum atomic E-state index is -1.53. The lowest BCUT2D eigenvalue weighted by molar-refractivity contribution is -0.159. The normalized spacial score (nSPS) is 12.5. The van der Waals surface area contributed by atoms with Crippen LogP contribution in [0.25, 0.3) is 0 Å². The smallest absolute Gasteiger partial charge is 0.329 e. The third kappa shape index (κ3) is 5.69. The molecule has 0 aliphatic carbocycles. The van der Waals surface area contributed by atoms with Crippen LogP contribution in [0.3, 0.4) is 0 Å². The van der Waals surface area contributed by atoms with Crippen molar-refractivity contribution < 1.29 is 33.4 Å². The van der Waals surface area contributed by atoms with Crippen molar-refractivity contribution in [2.45, 2.75) is 17.9 Å². The molecule has 1 amide bonds. The number of hydrogen-bond acceptors (Lipinski definition) is 7. The molecule has 3 aromatic rings. The highest BCUT2D eigenvalue weighted by atomic mass is 16.5. The topological polar surface area (TPSA) is 108 Å². The van der Waals surface area contributed by atoms with Crippen molar-refractivity contribution in [1.82, 2.24) is 5.32 Å². The standard InChI is InChI=1S/C29H29NO7/c1-35-24(31)19-23(26(32)36-2)25(27(33)37-3)30-28(34)29(20-13-7-4-8-14-20,21-15-9-5-10-16-21)22-17-11-6-12-18-22/h4-18,23,25H,19H2,1-3H3,(H,30,34)/t23-,25-/m1/s1. The summed E-state index contributed by atoms with van der Waals surface area (Å²) in [5.74, 6) is -4.50. The molecule has 8 heteroatoms. The number of carbonyl (C=O) groups is 4. The molecule has 0 saturated carbocycles. The van der Waals surface area contributed by atoms with Crippen molar-refractivity contribution >= 4 is 23.8 Å². The Balaban J connectivity index is 2.24. The molecule has 3 aromatic carbocycles. The summed E-state index contributed by atoms with van der Waals surface area (Å²) < 4.78 is 14.5. The highest BCUT2D eigenvalue weighted by molar-refractivity contribution is 5.99. The summed E-state index contributed by atoms with van der Waals surface area (Å²) in [5.41, 5.74) is 0.491. The second-order valence-electron chi connectivity index (χ2n) is 8.23. The molecule has 0 bridgehead atoms. The molecular formula is C29H29NO7. The lowest BCUT2D eigenvalue weighted by Crippen LogP contribution is -2.56. The van der Waals surface area contributed by atoms with Gasteiger partial charge in [-0.3, -0.25) is 14.4 Å². The van der Waals surface area contributed by atoms with Gasteiger partial charge in [-0.15, -0.1) is 0 Å². The Morgan fingerprint density at radius 2 is 1.05 bits per heavy atom. The van der Waals surface area contributed by atoms with E-state index in [9.17, 15) is 19.2 Å². The average Bonchev–Trinajstić information content (AvgIpc) is 2.96. The van der Waals surface area contributed by atoms with Gasteiger partial charge in [0.15, 0.2) is 0 Å². The minimum absolute atomic E-state index is 0.502. The highest BCUT2D eigenvalue weighted by Gasteiger charge is 2.47. The zero-order valence-corrected chi connectivity index (χ0v) is 20.9.